The average Bonchev–Trinajstić information content (AvgIpc) is 3.01. The summed E-state index contributed by atoms with van der Waals surface area (Å²) in [6, 6.07) is 7.11. The fourth-order valence-corrected chi connectivity index (χ4v) is 1.88. The average molecular weight is 288 g/mol. The van der Waals surface area contributed by atoms with Crippen molar-refractivity contribution in [1.29, 1.82) is 0 Å². The molecule has 2 N–H and O–H groups in total. The molecule has 0 saturated heterocycles. The molecule has 0 aliphatic rings. The van der Waals surface area contributed by atoms with Crippen molar-refractivity contribution in [3.05, 3.63) is 42.5 Å². The minimum Gasteiger partial charge on any atom is -0.393 e. The van der Waals surface area contributed by atoms with Gasteiger partial charge in [0.25, 0.3) is 5.91 Å². The zero-order valence-electron chi connectivity index (χ0n) is 12.2. The van der Waals surface area contributed by atoms with Gasteiger partial charge >= 0.3 is 0 Å². The first-order chi connectivity index (χ1) is 10.1. The quantitative estimate of drug-likeness (QED) is 0.842. The monoisotopic (exact) mass is 288 g/mol. The molecule has 0 fully saturated rings. The number of nitrogens with zero attached hydrogens (tertiary/aromatic N) is 3. The molecule has 1 amide bonds. The highest BCUT2D eigenvalue weighted by Gasteiger charge is 2.10. The SMILES string of the molecule is CC(C)C(O)CCNC(=O)c1ccc(-n2cncn2)cc1. The number of aromatic nitrogens is 3. The Morgan fingerprint density at radius 1 is 1.33 bits per heavy atom. The summed E-state index contributed by atoms with van der Waals surface area (Å²) >= 11 is 0. The molecule has 2 aromatic rings. The molecule has 112 valence electrons. The van der Waals surface area contributed by atoms with Gasteiger partial charge in [-0.15, -0.1) is 0 Å². The van der Waals surface area contributed by atoms with Crippen LogP contribution < -0.4 is 5.32 Å². The van der Waals surface area contributed by atoms with Crippen LogP contribution in [0.4, 0.5) is 0 Å². The van der Waals surface area contributed by atoms with Crippen LogP contribution in [0.5, 0.6) is 0 Å². The Morgan fingerprint density at radius 2 is 2.05 bits per heavy atom. The molecule has 0 aliphatic carbocycles. The lowest BCUT2D eigenvalue weighted by Gasteiger charge is -2.14. The molecule has 1 heterocycles. The highest BCUT2D eigenvalue weighted by molar-refractivity contribution is 5.94. The summed E-state index contributed by atoms with van der Waals surface area (Å²) in [6.07, 6.45) is 3.23. The molecule has 1 atom stereocenters. The van der Waals surface area contributed by atoms with Crippen molar-refractivity contribution in [3.8, 4) is 5.69 Å². The van der Waals surface area contributed by atoms with Crippen molar-refractivity contribution < 1.29 is 9.90 Å². The summed E-state index contributed by atoms with van der Waals surface area (Å²) in [6.45, 7) is 4.37. The van der Waals surface area contributed by atoms with Gasteiger partial charge in [0.2, 0.25) is 0 Å². The number of aliphatic hydroxyl groups excluding tert-OH is 1. The van der Waals surface area contributed by atoms with Crippen LogP contribution >= 0.6 is 0 Å². The third-order valence-corrected chi connectivity index (χ3v) is 3.31. The normalized spacial score (nSPS) is 12.4. The predicted molar refractivity (Wildman–Crippen MR) is 79.2 cm³/mol. The van der Waals surface area contributed by atoms with Crippen molar-refractivity contribution >= 4 is 5.91 Å². The van der Waals surface area contributed by atoms with Gasteiger partial charge in [-0.05, 0) is 36.6 Å². The molecule has 2 rings (SSSR count). The Hall–Kier alpha value is -2.21. The van der Waals surface area contributed by atoms with Crippen LogP contribution in [0.3, 0.4) is 0 Å². The van der Waals surface area contributed by atoms with Crippen LogP contribution in [0.15, 0.2) is 36.9 Å². The number of carbonyl (C=O) groups is 1. The van der Waals surface area contributed by atoms with Crippen molar-refractivity contribution in [2.75, 3.05) is 6.54 Å². The van der Waals surface area contributed by atoms with E-state index in [0.717, 1.165) is 5.69 Å². The van der Waals surface area contributed by atoms with Gasteiger partial charge in [-0.25, -0.2) is 9.67 Å². The summed E-state index contributed by atoms with van der Waals surface area (Å²) in [5, 5.41) is 16.5. The molecule has 0 aliphatic heterocycles. The Kier molecular flexibility index (Phi) is 5.05. The van der Waals surface area contributed by atoms with E-state index in [-0.39, 0.29) is 17.9 Å². The smallest absolute Gasteiger partial charge is 0.251 e. The Balaban J connectivity index is 1.88. The zero-order chi connectivity index (χ0) is 15.2. The highest BCUT2D eigenvalue weighted by Crippen LogP contribution is 2.08. The Labute approximate surface area is 123 Å². The summed E-state index contributed by atoms with van der Waals surface area (Å²) in [5.74, 6) is 0.0555. The van der Waals surface area contributed by atoms with E-state index in [0.29, 0.717) is 18.5 Å². The van der Waals surface area contributed by atoms with Gasteiger partial charge in [0.05, 0.1) is 11.8 Å². The number of hydrogen-bond acceptors (Lipinski definition) is 4. The maximum absolute atomic E-state index is 12.0. The van der Waals surface area contributed by atoms with Crippen LogP contribution in [0.2, 0.25) is 0 Å². The lowest BCUT2D eigenvalue weighted by molar-refractivity contribution is 0.0920. The fourth-order valence-electron chi connectivity index (χ4n) is 1.88. The fraction of sp³-hybridized carbons (Fsp3) is 0.400. The highest BCUT2D eigenvalue weighted by atomic mass is 16.3. The summed E-state index contributed by atoms with van der Waals surface area (Å²) in [4.78, 5) is 15.8. The van der Waals surface area contributed by atoms with E-state index >= 15 is 0 Å². The van der Waals surface area contributed by atoms with Gasteiger partial charge in [-0.1, -0.05) is 13.8 Å². The van der Waals surface area contributed by atoms with E-state index in [1.807, 2.05) is 26.0 Å². The van der Waals surface area contributed by atoms with Gasteiger partial charge in [-0.3, -0.25) is 4.79 Å². The second-order valence-corrected chi connectivity index (χ2v) is 5.24. The molecule has 21 heavy (non-hydrogen) atoms. The van der Waals surface area contributed by atoms with Gasteiger partial charge in [0.1, 0.15) is 12.7 Å². The van der Waals surface area contributed by atoms with E-state index in [4.69, 9.17) is 0 Å². The Bertz CT molecular complexity index is 564. The molecule has 0 radical (unpaired) electrons. The van der Waals surface area contributed by atoms with Crippen molar-refractivity contribution in [2.24, 2.45) is 5.92 Å². The largest absolute Gasteiger partial charge is 0.393 e. The molecule has 1 aromatic carbocycles. The topological polar surface area (TPSA) is 80.0 Å². The van der Waals surface area contributed by atoms with E-state index in [9.17, 15) is 9.90 Å². The van der Waals surface area contributed by atoms with Gasteiger partial charge in [0.15, 0.2) is 0 Å². The second kappa shape index (κ2) is 6.99. The zero-order valence-corrected chi connectivity index (χ0v) is 12.2. The standard InChI is InChI=1S/C15H20N4O2/c1-11(2)14(20)7-8-17-15(21)12-3-5-13(6-4-12)19-10-16-9-18-19/h3-6,9-11,14,20H,7-8H2,1-2H3,(H,17,21). The third kappa shape index (κ3) is 4.13. The van der Waals surface area contributed by atoms with Crippen LogP contribution in [-0.2, 0) is 0 Å². The van der Waals surface area contributed by atoms with Crippen LogP contribution in [0.1, 0.15) is 30.6 Å². The van der Waals surface area contributed by atoms with E-state index in [1.165, 1.54) is 6.33 Å². The number of nitrogens with one attached hydrogen (secondary N) is 1. The van der Waals surface area contributed by atoms with Crippen LogP contribution in [-0.4, -0.2) is 38.4 Å². The summed E-state index contributed by atoms with van der Waals surface area (Å²) < 4.78 is 1.63. The minimum atomic E-state index is -0.389. The number of amides is 1. The van der Waals surface area contributed by atoms with Crippen LogP contribution in [0.25, 0.3) is 5.69 Å². The van der Waals surface area contributed by atoms with Gasteiger partial charge in [0, 0.05) is 12.1 Å². The van der Waals surface area contributed by atoms with Gasteiger partial charge < -0.3 is 10.4 Å². The maximum atomic E-state index is 12.0. The molecule has 0 saturated carbocycles. The Morgan fingerprint density at radius 3 is 2.62 bits per heavy atom. The molecular weight excluding hydrogens is 268 g/mol. The van der Waals surface area contributed by atoms with E-state index in [2.05, 4.69) is 15.4 Å². The van der Waals surface area contributed by atoms with E-state index in [1.54, 1.807) is 23.1 Å². The second-order valence-electron chi connectivity index (χ2n) is 5.24. The number of aliphatic hydroxyl groups is 1. The minimum absolute atomic E-state index is 0.143. The summed E-state index contributed by atoms with van der Waals surface area (Å²) in [5.41, 5.74) is 1.43. The van der Waals surface area contributed by atoms with E-state index < -0.39 is 0 Å². The first-order valence-corrected chi connectivity index (χ1v) is 6.99. The first-order valence-electron chi connectivity index (χ1n) is 6.99. The third-order valence-electron chi connectivity index (χ3n) is 3.31. The number of benzene rings is 1. The summed E-state index contributed by atoms with van der Waals surface area (Å²) in [7, 11) is 0. The molecular formula is C15H20N4O2. The van der Waals surface area contributed by atoms with Crippen molar-refractivity contribution in [2.45, 2.75) is 26.4 Å². The maximum Gasteiger partial charge on any atom is 0.251 e. The predicted octanol–water partition coefficient (Wildman–Crippen LogP) is 1.40. The van der Waals surface area contributed by atoms with Crippen molar-refractivity contribution in [1.82, 2.24) is 20.1 Å². The lowest BCUT2D eigenvalue weighted by atomic mass is 10.0. The number of hydrogen-bond donors (Lipinski definition) is 2. The first kappa shape index (κ1) is 15.2. The molecule has 1 aromatic heterocycles. The van der Waals surface area contributed by atoms with Crippen LogP contribution in [0, 0.1) is 5.92 Å². The molecule has 0 bridgehead atoms. The molecule has 6 heteroatoms. The van der Waals surface area contributed by atoms with Crippen molar-refractivity contribution in [3.63, 3.8) is 0 Å². The number of carbonyl (C=O) groups excluding carboxylic acids is 1. The molecule has 0 spiro atoms. The number of rotatable bonds is 6. The lowest BCUT2D eigenvalue weighted by Crippen LogP contribution is -2.28. The molecule has 6 nitrogen and oxygen atoms in total. The van der Waals surface area contributed by atoms with Gasteiger partial charge in [-0.2, -0.15) is 5.10 Å². The molecule has 1 unspecified atom stereocenters.